The number of imidazole rings is 1. The number of anilines is 1. The van der Waals surface area contributed by atoms with Crippen LogP contribution < -0.4 is 16.0 Å². The highest BCUT2D eigenvalue weighted by atomic mass is 32.2. The molecule has 0 fully saturated rings. The van der Waals surface area contributed by atoms with Crippen molar-refractivity contribution in [2.24, 2.45) is 5.73 Å². The van der Waals surface area contributed by atoms with E-state index in [0.717, 1.165) is 35.6 Å². The van der Waals surface area contributed by atoms with Crippen molar-refractivity contribution in [1.29, 1.82) is 0 Å². The zero-order valence-electron chi connectivity index (χ0n) is 15.0. The Morgan fingerprint density at radius 3 is 3.07 bits per heavy atom. The number of thioether (sulfide) groups is 1. The maximum absolute atomic E-state index is 12.9. The lowest BCUT2D eigenvalue weighted by Gasteiger charge is -2.26. The first-order valence-electron chi connectivity index (χ1n) is 9.10. The standard InChI is InChI=1S/C19H19N7OS/c20-15-12-4-2-1-3-11(12)7-13(15)25-19(27)14-8-26(5-6-28-14)18-16-17(22-9-21-16)23-10-24-18/h1-4,8-10,13,15H,5-7,20H2,(H,25,27)(H,21,22,23,24)/t13-,15-/m1/s1. The maximum Gasteiger partial charge on any atom is 0.259 e. The summed E-state index contributed by atoms with van der Waals surface area (Å²) in [6, 6.07) is 7.82. The Bertz CT molecular complexity index is 1080. The molecular formula is C19H19N7OS. The van der Waals surface area contributed by atoms with Crippen LogP contribution in [-0.4, -0.2) is 44.2 Å². The Kier molecular flexibility index (Phi) is 4.25. The summed E-state index contributed by atoms with van der Waals surface area (Å²) in [5.41, 5.74) is 10.0. The molecular weight excluding hydrogens is 374 g/mol. The van der Waals surface area contributed by atoms with Crippen LogP contribution in [0.2, 0.25) is 0 Å². The van der Waals surface area contributed by atoms with Crippen molar-refractivity contribution in [2.45, 2.75) is 18.5 Å². The minimum Gasteiger partial charge on any atom is -0.347 e. The Morgan fingerprint density at radius 2 is 2.18 bits per heavy atom. The van der Waals surface area contributed by atoms with Crippen molar-refractivity contribution >= 4 is 34.7 Å². The summed E-state index contributed by atoms with van der Waals surface area (Å²) in [7, 11) is 0. The number of hydrogen-bond donors (Lipinski definition) is 3. The van der Waals surface area contributed by atoms with Gasteiger partial charge in [-0.2, -0.15) is 0 Å². The van der Waals surface area contributed by atoms with Gasteiger partial charge >= 0.3 is 0 Å². The van der Waals surface area contributed by atoms with Gasteiger partial charge in [-0.25, -0.2) is 15.0 Å². The number of aromatic nitrogens is 4. The van der Waals surface area contributed by atoms with Crippen LogP contribution in [0, 0.1) is 0 Å². The summed E-state index contributed by atoms with van der Waals surface area (Å²) in [6.45, 7) is 0.751. The summed E-state index contributed by atoms with van der Waals surface area (Å²) in [4.78, 5) is 31.3. The molecule has 3 heterocycles. The van der Waals surface area contributed by atoms with Gasteiger partial charge in [0, 0.05) is 18.5 Å². The summed E-state index contributed by atoms with van der Waals surface area (Å²) >= 11 is 1.54. The van der Waals surface area contributed by atoms with E-state index < -0.39 is 0 Å². The molecule has 0 radical (unpaired) electrons. The number of amides is 1. The maximum atomic E-state index is 12.9. The topological polar surface area (TPSA) is 113 Å². The fourth-order valence-corrected chi connectivity index (χ4v) is 4.66. The van der Waals surface area contributed by atoms with Gasteiger partial charge in [-0.15, -0.1) is 11.8 Å². The Morgan fingerprint density at radius 1 is 1.29 bits per heavy atom. The van der Waals surface area contributed by atoms with Gasteiger partial charge in [0.05, 0.1) is 23.3 Å². The molecule has 1 amide bonds. The minimum absolute atomic E-state index is 0.0971. The highest BCUT2D eigenvalue weighted by molar-refractivity contribution is 8.04. The quantitative estimate of drug-likeness (QED) is 0.618. The molecule has 0 unspecified atom stereocenters. The number of H-pyrrole nitrogens is 1. The van der Waals surface area contributed by atoms with Crippen LogP contribution in [0.15, 0.2) is 48.0 Å². The number of aromatic amines is 1. The molecule has 1 aliphatic carbocycles. The van der Waals surface area contributed by atoms with Gasteiger partial charge in [-0.05, 0) is 17.5 Å². The number of fused-ring (bicyclic) bond motifs is 2. The molecule has 3 aromatic rings. The summed E-state index contributed by atoms with van der Waals surface area (Å²) < 4.78 is 0. The Balaban J connectivity index is 1.36. The summed E-state index contributed by atoms with van der Waals surface area (Å²) in [5, 5.41) is 3.12. The van der Waals surface area contributed by atoms with E-state index in [-0.39, 0.29) is 18.0 Å². The zero-order valence-corrected chi connectivity index (χ0v) is 15.8. The number of benzene rings is 1. The van der Waals surface area contributed by atoms with Crippen LogP contribution in [-0.2, 0) is 11.2 Å². The number of rotatable bonds is 3. The Labute approximate surface area is 165 Å². The third-order valence-corrected chi connectivity index (χ3v) is 6.15. The van der Waals surface area contributed by atoms with Gasteiger partial charge in [-0.3, -0.25) is 4.79 Å². The lowest BCUT2D eigenvalue weighted by atomic mass is 10.1. The zero-order chi connectivity index (χ0) is 19.1. The second-order valence-electron chi connectivity index (χ2n) is 6.84. The SMILES string of the molecule is N[C@@H]1c2ccccc2C[C@H]1NC(=O)C1=CN(c2ncnc3nc[nH]c23)CCS1. The molecule has 2 aliphatic rings. The van der Waals surface area contributed by atoms with Crippen molar-refractivity contribution in [1.82, 2.24) is 25.3 Å². The number of carbonyl (C=O) groups is 1. The van der Waals surface area contributed by atoms with E-state index >= 15 is 0 Å². The molecule has 2 aromatic heterocycles. The lowest BCUT2D eigenvalue weighted by molar-refractivity contribution is -0.117. The molecule has 4 N–H and O–H groups in total. The minimum atomic E-state index is -0.183. The molecule has 28 heavy (non-hydrogen) atoms. The fraction of sp³-hybridized carbons (Fsp3) is 0.263. The highest BCUT2D eigenvalue weighted by Gasteiger charge is 2.31. The molecule has 9 heteroatoms. The normalized spacial score (nSPS) is 21.5. The average molecular weight is 393 g/mol. The second kappa shape index (κ2) is 6.92. The predicted octanol–water partition coefficient (Wildman–Crippen LogP) is 1.49. The Hall–Kier alpha value is -2.91. The van der Waals surface area contributed by atoms with Crippen LogP contribution in [0.5, 0.6) is 0 Å². The van der Waals surface area contributed by atoms with Gasteiger partial charge in [0.1, 0.15) is 11.8 Å². The first-order chi connectivity index (χ1) is 13.7. The first-order valence-corrected chi connectivity index (χ1v) is 10.1. The van der Waals surface area contributed by atoms with Crippen molar-refractivity contribution < 1.29 is 4.79 Å². The molecule has 1 aliphatic heterocycles. The van der Waals surface area contributed by atoms with Crippen molar-refractivity contribution in [3.05, 3.63) is 59.2 Å². The summed E-state index contributed by atoms with van der Waals surface area (Å²) in [5.74, 6) is 1.41. The monoisotopic (exact) mass is 393 g/mol. The predicted molar refractivity (Wildman–Crippen MR) is 109 cm³/mol. The highest BCUT2D eigenvalue weighted by Crippen LogP contribution is 2.31. The largest absolute Gasteiger partial charge is 0.347 e. The van der Waals surface area contributed by atoms with Gasteiger partial charge in [0.15, 0.2) is 11.5 Å². The van der Waals surface area contributed by atoms with Crippen molar-refractivity contribution in [2.75, 3.05) is 17.2 Å². The fourth-order valence-electron chi connectivity index (χ4n) is 3.76. The van der Waals surface area contributed by atoms with Crippen LogP contribution in [0.4, 0.5) is 5.82 Å². The molecule has 8 nitrogen and oxygen atoms in total. The van der Waals surface area contributed by atoms with Crippen molar-refractivity contribution in [3.63, 3.8) is 0 Å². The van der Waals surface area contributed by atoms with E-state index in [4.69, 9.17) is 5.73 Å². The smallest absolute Gasteiger partial charge is 0.259 e. The van der Waals surface area contributed by atoms with Gasteiger partial charge in [0.25, 0.3) is 5.91 Å². The molecule has 1 aromatic carbocycles. The molecule has 142 valence electrons. The number of nitrogens with two attached hydrogens (primary N) is 1. The molecule has 5 rings (SSSR count). The third kappa shape index (κ3) is 2.92. The number of nitrogens with zero attached hydrogens (tertiary/aromatic N) is 4. The van der Waals surface area contributed by atoms with Gasteiger partial charge in [-0.1, -0.05) is 24.3 Å². The van der Waals surface area contributed by atoms with Crippen LogP contribution in [0.1, 0.15) is 17.2 Å². The van der Waals surface area contributed by atoms with E-state index in [1.807, 2.05) is 29.3 Å². The van der Waals surface area contributed by atoms with Crippen molar-refractivity contribution in [3.8, 4) is 0 Å². The molecule has 0 bridgehead atoms. The van der Waals surface area contributed by atoms with Crippen LogP contribution >= 0.6 is 11.8 Å². The molecule has 2 atom stereocenters. The van der Waals surface area contributed by atoms with E-state index in [1.54, 1.807) is 18.1 Å². The molecule has 0 saturated heterocycles. The average Bonchev–Trinajstić information content (AvgIpc) is 3.33. The number of carbonyl (C=O) groups excluding carboxylic acids is 1. The summed E-state index contributed by atoms with van der Waals surface area (Å²) in [6.07, 6.45) is 5.69. The first kappa shape index (κ1) is 17.2. The molecule has 0 spiro atoms. The number of nitrogens with one attached hydrogen (secondary N) is 2. The van der Waals surface area contributed by atoms with E-state index in [1.165, 1.54) is 11.9 Å². The van der Waals surface area contributed by atoms with Crippen LogP contribution in [0.25, 0.3) is 11.2 Å². The number of hydrogen-bond acceptors (Lipinski definition) is 7. The van der Waals surface area contributed by atoms with E-state index in [0.29, 0.717) is 10.6 Å². The molecule has 0 saturated carbocycles. The third-order valence-electron chi connectivity index (χ3n) is 5.17. The van der Waals surface area contributed by atoms with E-state index in [9.17, 15) is 4.79 Å². The lowest BCUT2D eigenvalue weighted by Crippen LogP contribution is -2.42. The van der Waals surface area contributed by atoms with E-state index in [2.05, 4.69) is 31.3 Å². The van der Waals surface area contributed by atoms with Crippen LogP contribution in [0.3, 0.4) is 0 Å². The second-order valence-corrected chi connectivity index (χ2v) is 7.98. The van der Waals surface area contributed by atoms with Gasteiger partial charge < -0.3 is 20.9 Å². The van der Waals surface area contributed by atoms with Gasteiger partial charge in [0.2, 0.25) is 0 Å².